The van der Waals surface area contributed by atoms with Crippen LogP contribution in [0.25, 0.3) is 0 Å². The molecular weight excluding hydrogens is 246 g/mol. The van der Waals surface area contributed by atoms with E-state index in [0.717, 1.165) is 0 Å². The van der Waals surface area contributed by atoms with Crippen LogP contribution >= 0.6 is 34.8 Å². The summed E-state index contributed by atoms with van der Waals surface area (Å²) in [5.74, 6) is -0.0655. The highest BCUT2D eigenvalue weighted by molar-refractivity contribution is 6.33. The molecule has 0 aliphatic rings. The SMILES string of the molecule is OC(CCl)C(O)c1cc(Cl)ccc1Cl. The van der Waals surface area contributed by atoms with Crippen molar-refractivity contribution in [3.63, 3.8) is 0 Å². The van der Waals surface area contributed by atoms with Crippen LogP contribution < -0.4 is 0 Å². The fourth-order valence-corrected chi connectivity index (χ4v) is 1.61. The van der Waals surface area contributed by atoms with Crippen molar-refractivity contribution in [2.75, 3.05) is 5.88 Å². The number of aliphatic hydroxyl groups is 2. The molecular formula is C9H9Cl3O2. The lowest BCUT2D eigenvalue weighted by Crippen LogP contribution is -2.19. The number of alkyl halides is 1. The van der Waals surface area contributed by atoms with E-state index in [4.69, 9.17) is 34.8 Å². The van der Waals surface area contributed by atoms with Crippen LogP contribution in [-0.4, -0.2) is 22.2 Å². The summed E-state index contributed by atoms with van der Waals surface area (Å²) in [5, 5.41) is 19.7. The molecule has 14 heavy (non-hydrogen) atoms. The Labute approximate surface area is 97.0 Å². The van der Waals surface area contributed by atoms with Crippen LogP contribution in [0.4, 0.5) is 0 Å². The Morgan fingerprint density at radius 3 is 2.43 bits per heavy atom. The molecule has 0 aliphatic heterocycles. The first-order valence-corrected chi connectivity index (χ1v) is 5.22. The van der Waals surface area contributed by atoms with E-state index in [2.05, 4.69) is 0 Å². The maximum atomic E-state index is 9.62. The van der Waals surface area contributed by atoms with Gasteiger partial charge in [0.05, 0.1) is 12.0 Å². The number of hydrogen-bond acceptors (Lipinski definition) is 2. The Bertz CT molecular complexity index is 317. The summed E-state index contributed by atoms with van der Waals surface area (Å²) in [7, 11) is 0. The lowest BCUT2D eigenvalue weighted by atomic mass is 10.1. The summed E-state index contributed by atoms with van der Waals surface area (Å²) in [6.07, 6.45) is -2.16. The predicted octanol–water partition coefficient (Wildman–Crippen LogP) is 2.63. The molecule has 2 atom stereocenters. The van der Waals surface area contributed by atoms with Gasteiger partial charge in [0.15, 0.2) is 0 Å². The second kappa shape index (κ2) is 5.19. The van der Waals surface area contributed by atoms with E-state index in [9.17, 15) is 10.2 Å². The summed E-state index contributed by atoms with van der Waals surface area (Å²) in [6.45, 7) is 0. The molecule has 0 heterocycles. The lowest BCUT2D eigenvalue weighted by molar-refractivity contribution is 0.0328. The van der Waals surface area contributed by atoms with Crippen LogP contribution in [0.15, 0.2) is 18.2 Å². The molecule has 0 spiro atoms. The minimum atomic E-state index is -1.11. The summed E-state index contributed by atoms with van der Waals surface area (Å²) in [4.78, 5) is 0. The van der Waals surface area contributed by atoms with Crippen molar-refractivity contribution in [1.29, 1.82) is 0 Å². The van der Waals surface area contributed by atoms with Gasteiger partial charge in [-0.25, -0.2) is 0 Å². The zero-order valence-electron chi connectivity index (χ0n) is 7.12. The highest BCUT2D eigenvalue weighted by atomic mass is 35.5. The third kappa shape index (κ3) is 2.75. The van der Waals surface area contributed by atoms with Crippen LogP contribution in [-0.2, 0) is 0 Å². The molecule has 2 nitrogen and oxygen atoms in total. The van der Waals surface area contributed by atoms with Crippen LogP contribution in [0.5, 0.6) is 0 Å². The molecule has 0 bridgehead atoms. The van der Waals surface area contributed by atoms with E-state index in [1.54, 1.807) is 12.1 Å². The second-order valence-corrected chi connectivity index (χ2v) is 3.98. The van der Waals surface area contributed by atoms with Gasteiger partial charge in [0.25, 0.3) is 0 Å². The Morgan fingerprint density at radius 2 is 1.86 bits per heavy atom. The number of hydrogen-bond donors (Lipinski definition) is 2. The van der Waals surface area contributed by atoms with Crippen molar-refractivity contribution in [2.24, 2.45) is 0 Å². The molecule has 0 radical (unpaired) electrons. The van der Waals surface area contributed by atoms with Gasteiger partial charge in [-0.2, -0.15) is 0 Å². The Hall–Kier alpha value is 0.01000. The largest absolute Gasteiger partial charge is 0.389 e. The molecule has 0 amide bonds. The molecule has 0 saturated heterocycles. The van der Waals surface area contributed by atoms with E-state index in [1.807, 2.05) is 0 Å². The third-order valence-electron chi connectivity index (χ3n) is 1.80. The smallest absolute Gasteiger partial charge is 0.108 e. The first-order valence-electron chi connectivity index (χ1n) is 3.93. The minimum absolute atomic E-state index is 0.0655. The minimum Gasteiger partial charge on any atom is -0.389 e. The van der Waals surface area contributed by atoms with Crippen LogP contribution in [0.1, 0.15) is 11.7 Å². The second-order valence-electron chi connectivity index (χ2n) is 2.83. The van der Waals surface area contributed by atoms with Crippen molar-refractivity contribution in [3.05, 3.63) is 33.8 Å². The van der Waals surface area contributed by atoms with Crippen LogP contribution in [0.3, 0.4) is 0 Å². The maximum absolute atomic E-state index is 9.62. The standard InChI is InChI=1S/C9H9Cl3O2/c10-4-8(13)9(14)6-3-5(11)1-2-7(6)12/h1-3,8-9,13-14H,4H2. The third-order valence-corrected chi connectivity index (χ3v) is 2.69. The molecule has 2 unspecified atom stereocenters. The number of halogens is 3. The Kier molecular flexibility index (Phi) is 4.48. The van der Waals surface area contributed by atoms with E-state index < -0.39 is 12.2 Å². The van der Waals surface area contributed by atoms with Gasteiger partial charge in [0.1, 0.15) is 6.10 Å². The van der Waals surface area contributed by atoms with E-state index in [1.165, 1.54) is 6.07 Å². The van der Waals surface area contributed by atoms with Crippen LogP contribution in [0.2, 0.25) is 10.0 Å². The van der Waals surface area contributed by atoms with Crippen molar-refractivity contribution in [3.8, 4) is 0 Å². The van der Waals surface area contributed by atoms with E-state index in [0.29, 0.717) is 15.6 Å². The molecule has 1 rings (SSSR count). The molecule has 0 aliphatic carbocycles. The molecule has 78 valence electrons. The first-order chi connectivity index (χ1) is 6.56. The summed E-state index contributed by atoms with van der Waals surface area (Å²) >= 11 is 16.9. The van der Waals surface area contributed by atoms with E-state index >= 15 is 0 Å². The first kappa shape index (κ1) is 12.1. The van der Waals surface area contributed by atoms with Gasteiger partial charge in [-0.05, 0) is 18.2 Å². The quantitative estimate of drug-likeness (QED) is 0.815. The molecule has 0 fully saturated rings. The Balaban J connectivity index is 2.99. The summed E-state index contributed by atoms with van der Waals surface area (Å²) in [5.41, 5.74) is 0.382. The van der Waals surface area contributed by atoms with Gasteiger partial charge in [-0.1, -0.05) is 23.2 Å². The molecule has 1 aromatic carbocycles. The van der Waals surface area contributed by atoms with Gasteiger partial charge in [0, 0.05) is 15.6 Å². The molecule has 2 N–H and O–H groups in total. The fraction of sp³-hybridized carbons (Fsp3) is 0.333. The van der Waals surface area contributed by atoms with Crippen LogP contribution in [0, 0.1) is 0 Å². The summed E-state index contributed by atoms with van der Waals surface area (Å²) < 4.78 is 0. The highest BCUT2D eigenvalue weighted by Crippen LogP contribution is 2.28. The lowest BCUT2D eigenvalue weighted by Gasteiger charge is -2.17. The maximum Gasteiger partial charge on any atom is 0.108 e. The monoisotopic (exact) mass is 254 g/mol. The number of benzene rings is 1. The van der Waals surface area contributed by atoms with E-state index in [-0.39, 0.29) is 5.88 Å². The number of aliphatic hydroxyl groups excluding tert-OH is 2. The molecule has 1 aromatic rings. The van der Waals surface area contributed by atoms with Gasteiger partial charge in [-0.3, -0.25) is 0 Å². The predicted molar refractivity (Wildman–Crippen MR) is 58.1 cm³/mol. The van der Waals surface area contributed by atoms with Crippen molar-refractivity contribution in [2.45, 2.75) is 12.2 Å². The number of rotatable bonds is 3. The molecule has 0 saturated carbocycles. The normalized spacial score (nSPS) is 15.2. The van der Waals surface area contributed by atoms with Crippen molar-refractivity contribution >= 4 is 34.8 Å². The topological polar surface area (TPSA) is 40.5 Å². The van der Waals surface area contributed by atoms with Gasteiger partial charge < -0.3 is 10.2 Å². The Morgan fingerprint density at radius 1 is 1.21 bits per heavy atom. The van der Waals surface area contributed by atoms with Gasteiger partial charge in [0.2, 0.25) is 0 Å². The zero-order chi connectivity index (χ0) is 10.7. The fourth-order valence-electron chi connectivity index (χ4n) is 1.03. The van der Waals surface area contributed by atoms with Crippen molar-refractivity contribution in [1.82, 2.24) is 0 Å². The zero-order valence-corrected chi connectivity index (χ0v) is 9.39. The average Bonchev–Trinajstić information content (AvgIpc) is 2.19. The van der Waals surface area contributed by atoms with Gasteiger partial charge in [-0.15, -0.1) is 11.6 Å². The summed E-state index contributed by atoms with van der Waals surface area (Å²) in [6, 6.07) is 4.67. The highest BCUT2D eigenvalue weighted by Gasteiger charge is 2.19. The van der Waals surface area contributed by atoms with Gasteiger partial charge >= 0.3 is 0 Å². The molecule has 5 heteroatoms. The molecule has 0 aromatic heterocycles. The average molecular weight is 256 g/mol. The van der Waals surface area contributed by atoms with Crippen molar-refractivity contribution < 1.29 is 10.2 Å².